The lowest BCUT2D eigenvalue weighted by Crippen LogP contribution is -2.39. The Morgan fingerprint density at radius 2 is 1.97 bits per heavy atom. The maximum absolute atomic E-state index is 6.26. The molecule has 10 nitrogen and oxygen atoms in total. The van der Waals surface area contributed by atoms with Crippen LogP contribution in [0.25, 0.3) is 0 Å². The molecular formula is C22H31N5O5. The maximum atomic E-state index is 6.26. The molecule has 0 amide bonds. The highest BCUT2D eigenvalue weighted by Gasteiger charge is 2.22. The number of aromatic nitrogens is 2. The van der Waals surface area contributed by atoms with Crippen molar-refractivity contribution in [1.82, 2.24) is 14.9 Å². The number of ether oxygens (including phenoxy) is 5. The van der Waals surface area contributed by atoms with E-state index >= 15 is 0 Å². The minimum absolute atomic E-state index is 0.0306. The van der Waals surface area contributed by atoms with E-state index in [9.17, 15) is 0 Å². The minimum Gasteiger partial charge on any atom is -0.493 e. The lowest BCUT2D eigenvalue weighted by Gasteiger charge is -2.26. The fraction of sp³-hybridized carbons (Fsp3) is 0.545. The molecule has 0 spiro atoms. The number of rotatable bonds is 10. The summed E-state index contributed by atoms with van der Waals surface area (Å²) in [6, 6.07) is 7.31. The molecule has 0 saturated carbocycles. The molecule has 0 bridgehead atoms. The largest absolute Gasteiger partial charge is 0.493 e. The summed E-state index contributed by atoms with van der Waals surface area (Å²) >= 11 is 0. The van der Waals surface area contributed by atoms with E-state index in [2.05, 4.69) is 20.2 Å². The molecule has 2 aliphatic rings. The second-order valence-electron chi connectivity index (χ2n) is 7.65. The van der Waals surface area contributed by atoms with E-state index < -0.39 is 0 Å². The molecule has 3 heterocycles. The Bertz CT molecular complexity index is 872. The van der Waals surface area contributed by atoms with Crippen LogP contribution in [0.4, 0.5) is 11.8 Å². The molecule has 2 saturated heterocycles. The molecular weight excluding hydrogens is 414 g/mol. The summed E-state index contributed by atoms with van der Waals surface area (Å²) in [5.41, 5.74) is 6.26. The second kappa shape index (κ2) is 11.2. The number of morpholine rings is 1. The SMILES string of the molecule is COc1ccccc1Oc1c(N)nc(NCCN2CCOCC2)nc1OCC1CCCO1. The van der Waals surface area contributed by atoms with Gasteiger partial charge in [0, 0.05) is 32.8 Å². The fourth-order valence-electron chi connectivity index (χ4n) is 3.63. The minimum atomic E-state index is 0.0306. The normalized spacial score (nSPS) is 19.0. The summed E-state index contributed by atoms with van der Waals surface area (Å²) in [6.07, 6.45) is 2.01. The number of nitrogens with zero attached hydrogens (tertiary/aromatic N) is 3. The number of nitrogen functional groups attached to an aromatic ring is 1. The smallest absolute Gasteiger partial charge is 0.265 e. The summed E-state index contributed by atoms with van der Waals surface area (Å²) in [7, 11) is 1.58. The molecule has 3 N–H and O–H groups in total. The van der Waals surface area contributed by atoms with Gasteiger partial charge in [-0.25, -0.2) is 0 Å². The molecule has 1 atom stereocenters. The van der Waals surface area contributed by atoms with Crippen molar-refractivity contribution in [3.05, 3.63) is 24.3 Å². The molecule has 0 radical (unpaired) electrons. The van der Waals surface area contributed by atoms with Crippen molar-refractivity contribution in [2.45, 2.75) is 18.9 Å². The van der Waals surface area contributed by atoms with Gasteiger partial charge in [0.2, 0.25) is 11.7 Å². The zero-order valence-electron chi connectivity index (χ0n) is 18.4. The number of methoxy groups -OCH3 is 1. The lowest BCUT2D eigenvalue weighted by atomic mass is 10.2. The van der Waals surface area contributed by atoms with E-state index in [4.69, 9.17) is 29.4 Å². The van der Waals surface area contributed by atoms with Gasteiger partial charge in [-0.15, -0.1) is 0 Å². The quantitative estimate of drug-likeness (QED) is 0.564. The number of nitrogens with one attached hydrogen (secondary N) is 1. The van der Waals surface area contributed by atoms with Crippen molar-refractivity contribution < 1.29 is 23.7 Å². The number of nitrogens with two attached hydrogens (primary N) is 1. The lowest BCUT2D eigenvalue weighted by molar-refractivity contribution is 0.0398. The predicted molar refractivity (Wildman–Crippen MR) is 120 cm³/mol. The van der Waals surface area contributed by atoms with Gasteiger partial charge in [-0.05, 0) is 25.0 Å². The van der Waals surface area contributed by atoms with Gasteiger partial charge in [-0.1, -0.05) is 12.1 Å². The highest BCUT2D eigenvalue weighted by Crippen LogP contribution is 2.39. The predicted octanol–water partition coefficient (Wildman–Crippen LogP) is 2.16. The van der Waals surface area contributed by atoms with Crippen molar-refractivity contribution in [3.8, 4) is 23.1 Å². The van der Waals surface area contributed by atoms with Crippen molar-refractivity contribution in [2.24, 2.45) is 0 Å². The molecule has 2 aromatic rings. The first-order chi connectivity index (χ1) is 15.7. The van der Waals surface area contributed by atoms with E-state index in [-0.39, 0.29) is 23.6 Å². The molecule has 1 aromatic heterocycles. The first-order valence-corrected chi connectivity index (χ1v) is 11.0. The van der Waals surface area contributed by atoms with Crippen molar-refractivity contribution in [1.29, 1.82) is 0 Å². The Hall–Kier alpha value is -2.82. The monoisotopic (exact) mass is 445 g/mol. The maximum Gasteiger partial charge on any atom is 0.265 e. The molecule has 1 aromatic carbocycles. The van der Waals surface area contributed by atoms with Crippen molar-refractivity contribution in [3.63, 3.8) is 0 Å². The molecule has 32 heavy (non-hydrogen) atoms. The average molecular weight is 446 g/mol. The van der Waals surface area contributed by atoms with E-state index in [0.717, 1.165) is 52.3 Å². The van der Waals surface area contributed by atoms with E-state index in [1.54, 1.807) is 19.2 Å². The first kappa shape index (κ1) is 22.4. The average Bonchev–Trinajstić information content (AvgIpc) is 3.34. The Balaban J connectivity index is 1.49. The highest BCUT2D eigenvalue weighted by atomic mass is 16.6. The van der Waals surface area contributed by atoms with Crippen LogP contribution < -0.4 is 25.3 Å². The number of hydrogen-bond acceptors (Lipinski definition) is 10. The van der Waals surface area contributed by atoms with Crippen LogP contribution in [0.15, 0.2) is 24.3 Å². The zero-order chi connectivity index (χ0) is 22.2. The van der Waals surface area contributed by atoms with Gasteiger partial charge in [0.15, 0.2) is 17.3 Å². The van der Waals surface area contributed by atoms with Crippen LogP contribution in [0.5, 0.6) is 23.1 Å². The summed E-state index contributed by atoms with van der Waals surface area (Å²) < 4.78 is 28.5. The molecule has 0 aliphatic carbocycles. The summed E-state index contributed by atoms with van der Waals surface area (Å²) in [5.74, 6) is 2.18. The van der Waals surface area contributed by atoms with Gasteiger partial charge in [0.05, 0.1) is 26.4 Å². The van der Waals surface area contributed by atoms with Gasteiger partial charge >= 0.3 is 0 Å². The Kier molecular flexibility index (Phi) is 7.81. The van der Waals surface area contributed by atoms with Crippen LogP contribution in [-0.4, -0.2) is 80.7 Å². The van der Waals surface area contributed by atoms with Crippen molar-refractivity contribution in [2.75, 3.05) is 70.8 Å². The zero-order valence-corrected chi connectivity index (χ0v) is 18.4. The summed E-state index contributed by atoms with van der Waals surface area (Å²) in [4.78, 5) is 11.3. The third-order valence-electron chi connectivity index (χ3n) is 5.39. The molecule has 4 rings (SSSR count). The molecule has 10 heteroatoms. The fourth-order valence-corrected chi connectivity index (χ4v) is 3.63. The van der Waals surface area contributed by atoms with Gasteiger partial charge in [-0.2, -0.15) is 9.97 Å². The van der Waals surface area contributed by atoms with Crippen LogP contribution >= 0.6 is 0 Å². The van der Waals surface area contributed by atoms with Crippen molar-refractivity contribution >= 4 is 11.8 Å². The number of anilines is 2. The number of benzene rings is 1. The molecule has 1 unspecified atom stereocenters. The van der Waals surface area contributed by atoms with E-state index in [1.165, 1.54) is 0 Å². The second-order valence-corrected chi connectivity index (χ2v) is 7.65. The van der Waals surface area contributed by atoms with Crippen LogP contribution in [0.1, 0.15) is 12.8 Å². The van der Waals surface area contributed by atoms with Crippen LogP contribution in [0.3, 0.4) is 0 Å². The van der Waals surface area contributed by atoms with Crippen LogP contribution in [-0.2, 0) is 9.47 Å². The van der Waals surface area contributed by atoms with Gasteiger partial charge in [0.25, 0.3) is 5.88 Å². The third kappa shape index (κ3) is 5.90. The summed E-state index contributed by atoms with van der Waals surface area (Å²) in [6.45, 7) is 6.03. The Morgan fingerprint density at radius 1 is 1.16 bits per heavy atom. The molecule has 2 fully saturated rings. The van der Waals surface area contributed by atoms with Crippen LogP contribution in [0.2, 0.25) is 0 Å². The number of para-hydroxylation sites is 2. The molecule has 2 aliphatic heterocycles. The van der Waals surface area contributed by atoms with E-state index in [0.29, 0.717) is 30.6 Å². The van der Waals surface area contributed by atoms with Gasteiger partial charge in [-0.3, -0.25) is 4.90 Å². The van der Waals surface area contributed by atoms with Crippen LogP contribution in [0, 0.1) is 0 Å². The topological polar surface area (TPSA) is 113 Å². The standard InChI is InChI=1S/C22H31N5O5/c1-28-17-6-2-3-7-18(17)32-19-20(23)25-22(24-8-9-27-10-13-29-14-11-27)26-21(19)31-15-16-5-4-12-30-16/h2-3,6-7,16H,4-5,8-15H2,1H3,(H3,23,24,25,26). The highest BCUT2D eigenvalue weighted by molar-refractivity contribution is 5.58. The Morgan fingerprint density at radius 3 is 2.72 bits per heavy atom. The number of hydrogen-bond donors (Lipinski definition) is 2. The Labute approximate surface area is 188 Å². The first-order valence-electron chi connectivity index (χ1n) is 11.0. The molecule has 174 valence electrons. The van der Waals surface area contributed by atoms with Gasteiger partial charge in [0.1, 0.15) is 6.61 Å². The van der Waals surface area contributed by atoms with E-state index in [1.807, 2.05) is 12.1 Å². The van der Waals surface area contributed by atoms with Gasteiger partial charge < -0.3 is 34.7 Å². The summed E-state index contributed by atoms with van der Waals surface area (Å²) in [5, 5.41) is 3.24. The third-order valence-corrected chi connectivity index (χ3v) is 5.39.